The summed E-state index contributed by atoms with van der Waals surface area (Å²) in [6, 6.07) is 19.3. The van der Waals surface area contributed by atoms with E-state index in [0.717, 1.165) is 41.7 Å². The summed E-state index contributed by atoms with van der Waals surface area (Å²) in [7, 11) is 0. The van der Waals surface area contributed by atoms with Gasteiger partial charge in [0.05, 0.1) is 6.61 Å². The Bertz CT molecular complexity index is 1490. The lowest BCUT2D eigenvalue weighted by Gasteiger charge is -2.25. The molecule has 0 atom stereocenters. The first kappa shape index (κ1) is 17.0. The first-order valence-corrected chi connectivity index (χ1v) is 11.9. The van der Waals surface area contributed by atoms with E-state index >= 15 is 0 Å². The van der Waals surface area contributed by atoms with Crippen LogP contribution in [0.3, 0.4) is 0 Å². The molecule has 2 aliphatic rings. The molecule has 7 rings (SSSR count). The van der Waals surface area contributed by atoms with Gasteiger partial charge in [-0.3, -0.25) is 0 Å². The predicted molar refractivity (Wildman–Crippen MR) is 125 cm³/mol. The molecule has 0 unspecified atom stereocenters. The van der Waals surface area contributed by atoms with Crippen molar-refractivity contribution in [1.29, 1.82) is 0 Å². The van der Waals surface area contributed by atoms with Crippen LogP contribution in [-0.4, -0.2) is 6.61 Å². The smallest absolute Gasteiger partial charge is 0.177 e. The Morgan fingerprint density at radius 3 is 2.40 bits per heavy atom. The second-order valence-electron chi connectivity index (χ2n) is 8.12. The third-order valence-corrected chi connectivity index (χ3v) is 8.53. The third-order valence-electron chi connectivity index (χ3n) is 6.35. The summed E-state index contributed by atoms with van der Waals surface area (Å²) in [5, 5.41) is 2.22. The van der Waals surface area contributed by atoms with Crippen molar-refractivity contribution >= 4 is 42.8 Å². The van der Waals surface area contributed by atoms with Crippen molar-refractivity contribution in [2.24, 2.45) is 0 Å². The number of hydrogen-bond acceptors (Lipinski definition) is 3. The van der Waals surface area contributed by atoms with Gasteiger partial charge in [0.25, 0.3) is 0 Å². The van der Waals surface area contributed by atoms with Crippen molar-refractivity contribution < 1.29 is 9.13 Å². The molecule has 0 amide bonds. The Labute approximate surface area is 181 Å². The summed E-state index contributed by atoms with van der Waals surface area (Å²) in [6.45, 7) is 0.812. The fourth-order valence-electron chi connectivity index (χ4n) is 4.90. The molecular formula is C26H17FOS2. The lowest BCUT2D eigenvalue weighted by molar-refractivity contribution is 0.357. The summed E-state index contributed by atoms with van der Waals surface area (Å²) < 4.78 is 21.9. The highest BCUT2D eigenvalue weighted by Gasteiger charge is 2.28. The van der Waals surface area contributed by atoms with Gasteiger partial charge in [0.15, 0.2) is 5.13 Å². The number of halogens is 1. The van der Waals surface area contributed by atoms with E-state index in [9.17, 15) is 4.39 Å². The number of aryl methyl sites for hydroxylation is 2. The highest BCUT2D eigenvalue weighted by molar-refractivity contribution is 7.20. The fourth-order valence-corrected chi connectivity index (χ4v) is 7.07. The highest BCUT2D eigenvalue weighted by atomic mass is 32.1. The standard InChI is InChI=1S/C26H17FOS2/c27-22-13-17-4-7-20-23-19(24(20)26(17)30-22)6-3-16-12-18(29-25(16)23)5-1-14-2-8-21-15(11-14)9-10-28-21/h2-4,6-8,11-13H,1,5,9-10H2. The molecule has 0 saturated heterocycles. The number of benzene rings is 3. The van der Waals surface area contributed by atoms with Gasteiger partial charge < -0.3 is 4.74 Å². The second-order valence-corrected chi connectivity index (χ2v) is 10.3. The monoisotopic (exact) mass is 428 g/mol. The predicted octanol–water partition coefficient (Wildman–Crippen LogP) is 7.62. The second kappa shape index (κ2) is 6.16. The molecule has 3 heterocycles. The van der Waals surface area contributed by atoms with Gasteiger partial charge in [0.2, 0.25) is 0 Å². The molecule has 0 fully saturated rings. The molecule has 146 valence electrons. The number of thiophene rings is 2. The van der Waals surface area contributed by atoms with Crippen molar-refractivity contribution in [2.75, 3.05) is 6.61 Å². The molecule has 2 aromatic heterocycles. The lowest BCUT2D eigenvalue weighted by atomic mass is 9.79. The number of ether oxygens (including phenoxy) is 1. The van der Waals surface area contributed by atoms with E-state index in [-0.39, 0.29) is 5.13 Å². The Balaban J connectivity index is 1.23. The van der Waals surface area contributed by atoms with Crippen LogP contribution in [0, 0.1) is 5.13 Å². The lowest BCUT2D eigenvalue weighted by Crippen LogP contribution is -1.98. The minimum atomic E-state index is -0.107. The van der Waals surface area contributed by atoms with Crippen LogP contribution in [0.4, 0.5) is 4.39 Å². The molecule has 1 nitrogen and oxygen atoms in total. The zero-order valence-electron chi connectivity index (χ0n) is 16.1. The Morgan fingerprint density at radius 2 is 1.57 bits per heavy atom. The van der Waals surface area contributed by atoms with Crippen LogP contribution in [0.15, 0.2) is 54.6 Å². The zero-order chi connectivity index (χ0) is 19.8. The zero-order valence-corrected chi connectivity index (χ0v) is 17.8. The van der Waals surface area contributed by atoms with Crippen LogP contribution in [0.2, 0.25) is 0 Å². The van der Waals surface area contributed by atoms with Crippen LogP contribution >= 0.6 is 22.7 Å². The maximum Gasteiger partial charge on any atom is 0.177 e. The topological polar surface area (TPSA) is 9.23 Å². The highest BCUT2D eigenvalue weighted by Crippen LogP contribution is 2.56. The maximum absolute atomic E-state index is 13.8. The quantitative estimate of drug-likeness (QED) is 0.282. The van der Waals surface area contributed by atoms with Crippen LogP contribution < -0.4 is 4.74 Å². The summed E-state index contributed by atoms with van der Waals surface area (Å²) in [5.41, 5.74) is 7.86. The van der Waals surface area contributed by atoms with Gasteiger partial charge in [0.1, 0.15) is 5.75 Å². The molecule has 0 N–H and O–H groups in total. The van der Waals surface area contributed by atoms with E-state index in [1.807, 2.05) is 11.3 Å². The minimum absolute atomic E-state index is 0.107. The van der Waals surface area contributed by atoms with Gasteiger partial charge in [-0.05, 0) is 64.1 Å². The van der Waals surface area contributed by atoms with Gasteiger partial charge in [-0.25, -0.2) is 0 Å². The van der Waals surface area contributed by atoms with E-state index in [4.69, 9.17) is 4.74 Å². The molecule has 1 aliphatic carbocycles. The average molecular weight is 429 g/mol. The molecule has 0 spiro atoms. The Morgan fingerprint density at radius 1 is 0.800 bits per heavy atom. The summed E-state index contributed by atoms with van der Waals surface area (Å²) >= 11 is 3.17. The van der Waals surface area contributed by atoms with Crippen LogP contribution in [0.25, 0.3) is 42.4 Å². The van der Waals surface area contributed by atoms with E-state index in [2.05, 4.69) is 48.5 Å². The van der Waals surface area contributed by atoms with E-state index < -0.39 is 0 Å². The van der Waals surface area contributed by atoms with Crippen molar-refractivity contribution in [3.8, 4) is 28.0 Å². The van der Waals surface area contributed by atoms with Crippen molar-refractivity contribution in [2.45, 2.75) is 19.3 Å². The summed E-state index contributed by atoms with van der Waals surface area (Å²) in [5.74, 6) is 1.05. The minimum Gasteiger partial charge on any atom is -0.493 e. The van der Waals surface area contributed by atoms with E-state index in [0.29, 0.717) is 0 Å². The Kier molecular flexibility index (Phi) is 3.50. The molecular weight excluding hydrogens is 411 g/mol. The van der Waals surface area contributed by atoms with Gasteiger partial charge in [-0.15, -0.1) is 22.7 Å². The van der Waals surface area contributed by atoms with Gasteiger partial charge in [-0.2, -0.15) is 4.39 Å². The van der Waals surface area contributed by atoms with Crippen LogP contribution in [-0.2, 0) is 19.3 Å². The Hall–Kier alpha value is -2.69. The van der Waals surface area contributed by atoms with Crippen molar-refractivity contribution in [1.82, 2.24) is 0 Å². The largest absolute Gasteiger partial charge is 0.493 e. The van der Waals surface area contributed by atoms with Crippen molar-refractivity contribution in [3.63, 3.8) is 0 Å². The van der Waals surface area contributed by atoms with Crippen molar-refractivity contribution in [3.05, 3.63) is 75.7 Å². The molecule has 0 radical (unpaired) electrons. The summed E-state index contributed by atoms with van der Waals surface area (Å²) in [6.07, 6.45) is 3.13. The molecule has 4 heteroatoms. The molecule has 5 aromatic rings. The normalized spacial score (nSPS) is 13.8. The molecule has 0 bridgehead atoms. The van der Waals surface area contributed by atoms with Gasteiger partial charge in [-0.1, -0.05) is 36.4 Å². The summed E-state index contributed by atoms with van der Waals surface area (Å²) in [4.78, 5) is 1.42. The molecule has 1 aliphatic heterocycles. The molecule has 30 heavy (non-hydrogen) atoms. The number of rotatable bonds is 3. The first-order chi connectivity index (χ1) is 14.7. The fraction of sp³-hybridized carbons (Fsp3) is 0.154. The van der Waals surface area contributed by atoms with E-state index in [1.165, 1.54) is 59.7 Å². The SMILES string of the molecule is Fc1cc2ccc3c(c2s1)-c1ccc2cc(CCc4ccc5c(c4)CCO5)sc2c1-3. The third kappa shape index (κ3) is 2.38. The van der Waals surface area contributed by atoms with Gasteiger partial charge in [0, 0.05) is 31.8 Å². The number of fused-ring (bicyclic) bond motifs is 9. The average Bonchev–Trinajstić information content (AvgIpc) is 3.44. The van der Waals surface area contributed by atoms with Crippen LogP contribution in [0.1, 0.15) is 16.0 Å². The van der Waals surface area contributed by atoms with Gasteiger partial charge >= 0.3 is 0 Å². The van der Waals surface area contributed by atoms with Crippen LogP contribution in [0.5, 0.6) is 5.75 Å². The maximum atomic E-state index is 13.8. The van der Waals surface area contributed by atoms with E-state index in [1.54, 1.807) is 6.07 Å². The number of hydrogen-bond donors (Lipinski definition) is 0. The molecule has 0 saturated carbocycles. The molecule has 3 aromatic carbocycles. The first-order valence-electron chi connectivity index (χ1n) is 10.3.